The second kappa shape index (κ2) is 5.62. The minimum absolute atomic E-state index is 0.561. The first-order valence-corrected chi connectivity index (χ1v) is 6.51. The summed E-state index contributed by atoms with van der Waals surface area (Å²) in [5, 5.41) is 12.5. The van der Waals surface area contributed by atoms with E-state index in [1.165, 1.54) is 0 Å². The molecule has 0 radical (unpaired) electrons. The number of ether oxygens (including phenoxy) is 1. The Balaban J connectivity index is 1.76. The van der Waals surface area contributed by atoms with E-state index >= 15 is 0 Å². The van der Waals surface area contributed by atoms with Gasteiger partial charge in [0.2, 0.25) is 5.82 Å². The number of nitrogen functional groups attached to an aromatic ring is 1. The first-order chi connectivity index (χ1) is 10.2. The van der Waals surface area contributed by atoms with Crippen LogP contribution < -0.4 is 10.5 Å². The second-order valence-electron chi connectivity index (χ2n) is 4.61. The SMILES string of the molecule is COc1ccc(Cn2nnc(-c3ccc(N)cc3)n2)cc1. The average molecular weight is 281 g/mol. The molecule has 0 unspecified atom stereocenters. The van der Waals surface area contributed by atoms with Crippen molar-refractivity contribution in [2.24, 2.45) is 0 Å². The number of rotatable bonds is 4. The van der Waals surface area contributed by atoms with E-state index in [0.717, 1.165) is 16.9 Å². The van der Waals surface area contributed by atoms with Crippen LogP contribution >= 0.6 is 0 Å². The van der Waals surface area contributed by atoms with E-state index in [-0.39, 0.29) is 0 Å². The van der Waals surface area contributed by atoms with Gasteiger partial charge in [-0.15, -0.1) is 10.2 Å². The van der Waals surface area contributed by atoms with Crippen LogP contribution in [0.25, 0.3) is 11.4 Å². The van der Waals surface area contributed by atoms with E-state index in [9.17, 15) is 0 Å². The summed E-state index contributed by atoms with van der Waals surface area (Å²) in [5.41, 5.74) is 8.35. The van der Waals surface area contributed by atoms with Gasteiger partial charge >= 0.3 is 0 Å². The van der Waals surface area contributed by atoms with Gasteiger partial charge in [-0.2, -0.15) is 4.80 Å². The molecule has 0 atom stereocenters. The average Bonchev–Trinajstić information content (AvgIpc) is 2.97. The molecule has 2 aromatic carbocycles. The van der Waals surface area contributed by atoms with Gasteiger partial charge in [0.05, 0.1) is 13.7 Å². The molecule has 0 saturated heterocycles. The lowest BCUT2D eigenvalue weighted by molar-refractivity contribution is 0.414. The maximum atomic E-state index is 5.66. The molecule has 0 spiro atoms. The summed E-state index contributed by atoms with van der Waals surface area (Å²) >= 11 is 0. The minimum atomic E-state index is 0.561. The van der Waals surface area contributed by atoms with Crippen LogP contribution in [0.15, 0.2) is 48.5 Å². The number of anilines is 1. The number of nitrogens with two attached hydrogens (primary N) is 1. The third-order valence-electron chi connectivity index (χ3n) is 3.10. The topological polar surface area (TPSA) is 78.8 Å². The molecule has 1 heterocycles. The van der Waals surface area contributed by atoms with Gasteiger partial charge in [-0.1, -0.05) is 12.1 Å². The molecule has 0 aliphatic carbocycles. The van der Waals surface area contributed by atoms with Gasteiger partial charge in [-0.25, -0.2) is 0 Å². The van der Waals surface area contributed by atoms with Gasteiger partial charge in [0.25, 0.3) is 0 Å². The van der Waals surface area contributed by atoms with Gasteiger partial charge in [0, 0.05) is 11.3 Å². The smallest absolute Gasteiger partial charge is 0.204 e. The molecule has 106 valence electrons. The van der Waals surface area contributed by atoms with Crippen LogP contribution in [0, 0.1) is 0 Å². The molecule has 0 bridgehead atoms. The van der Waals surface area contributed by atoms with Crippen molar-refractivity contribution in [3.05, 3.63) is 54.1 Å². The lowest BCUT2D eigenvalue weighted by Gasteiger charge is -2.02. The first-order valence-electron chi connectivity index (χ1n) is 6.51. The fourth-order valence-electron chi connectivity index (χ4n) is 1.95. The molecule has 3 rings (SSSR count). The zero-order valence-corrected chi connectivity index (χ0v) is 11.6. The Hall–Kier alpha value is -2.89. The predicted molar refractivity (Wildman–Crippen MR) is 79.8 cm³/mol. The van der Waals surface area contributed by atoms with Crippen LogP contribution in [-0.2, 0) is 6.54 Å². The van der Waals surface area contributed by atoms with Crippen LogP contribution in [-0.4, -0.2) is 27.3 Å². The fraction of sp³-hybridized carbons (Fsp3) is 0.133. The zero-order chi connectivity index (χ0) is 14.7. The highest BCUT2D eigenvalue weighted by Gasteiger charge is 2.06. The summed E-state index contributed by atoms with van der Waals surface area (Å²) in [5.74, 6) is 1.41. The molecule has 3 aromatic rings. The number of hydrogen-bond donors (Lipinski definition) is 1. The van der Waals surface area contributed by atoms with Crippen LogP contribution in [0.1, 0.15) is 5.56 Å². The van der Waals surface area contributed by atoms with E-state index in [0.29, 0.717) is 18.1 Å². The van der Waals surface area contributed by atoms with Crippen molar-refractivity contribution in [2.45, 2.75) is 6.54 Å². The largest absolute Gasteiger partial charge is 0.497 e. The molecule has 0 amide bonds. The Bertz CT molecular complexity index is 719. The monoisotopic (exact) mass is 281 g/mol. The van der Waals surface area contributed by atoms with Crippen molar-refractivity contribution < 1.29 is 4.74 Å². The molecule has 6 nitrogen and oxygen atoms in total. The summed E-state index contributed by atoms with van der Waals surface area (Å²) < 4.78 is 5.13. The molecule has 0 fully saturated rings. The quantitative estimate of drug-likeness (QED) is 0.740. The molecule has 0 saturated carbocycles. The fourth-order valence-corrected chi connectivity index (χ4v) is 1.95. The highest BCUT2D eigenvalue weighted by molar-refractivity contribution is 5.57. The number of hydrogen-bond acceptors (Lipinski definition) is 5. The van der Waals surface area contributed by atoms with Gasteiger partial charge in [-0.05, 0) is 47.2 Å². The number of tetrazole rings is 1. The summed E-state index contributed by atoms with van der Waals surface area (Å²) in [6.07, 6.45) is 0. The highest BCUT2D eigenvalue weighted by atomic mass is 16.5. The van der Waals surface area contributed by atoms with Gasteiger partial charge in [0.15, 0.2) is 0 Å². The summed E-state index contributed by atoms with van der Waals surface area (Å²) in [4.78, 5) is 1.56. The third kappa shape index (κ3) is 3.00. The van der Waals surface area contributed by atoms with Crippen molar-refractivity contribution in [3.63, 3.8) is 0 Å². The standard InChI is InChI=1S/C15H15N5O/c1-21-14-8-2-11(3-9-14)10-20-18-15(17-19-20)12-4-6-13(16)7-5-12/h2-9H,10,16H2,1H3. The third-order valence-corrected chi connectivity index (χ3v) is 3.10. The Morgan fingerprint density at radius 3 is 2.43 bits per heavy atom. The van der Waals surface area contributed by atoms with Crippen molar-refractivity contribution in [1.82, 2.24) is 20.2 Å². The molecule has 0 aliphatic heterocycles. The Kier molecular flexibility index (Phi) is 3.51. The van der Waals surface area contributed by atoms with Crippen molar-refractivity contribution in [3.8, 4) is 17.1 Å². The van der Waals surface area contributed by atoms with Crippen molar-refractivity contribution in [1.29, 1.82) is 0 Å². The number of benzene rings is 2. The van der Waals surface area contributed by atoms with Gasteiger partial charge in [-0.3, -0.25) is 0 Å². The van der Waals surface area contributed by atoms with Crippen LogP contribution in [0.4, 0.5) is 5.69 Å². The Labute approximate surface area is 122 Å². The summed E-state index contributed by atoms with van der Waals surface area (Å²) in [7, 11) is 1.65. The lowest BCUT2D eigenvalue weighted by atomic mass is 10.2. The molecular weight excluding hydrogens is 266 g/mol. The number of methoxy groups -OCH3 is 1. The molecule has 21 heavy (non-hydrogen) atoms. The first kappa shape index (κ1) is 13.1. The second-order valence-corrected chi connectivity index (χ2v) is 4.61. The normalized spacial score (nSPS) is 10.5. The van der Waals surface area contributed by atoms with Crippen molar-refractivity contribution >= 4 is 5.69 Å². The zero-order valence-electron chi connectivity index (χ0n) is 11.6. The van der Waals surface area contributed by atoms with E-state index < -0.39 is 0 Å². The maximum absolute atomic E-state index is 5.66. The van der Waals surface area contributed by atoms with E-state index in [1.807, 2.05) is 48.5 Å². The lowest BCUT2D eigenvalue weighted by Crippen LogP contribution is -2.03. The molecular formula is C15H15N5O. The number of aromatic nitrogens is 4. The van der Waals surface area contributed by atoms with Crippen LogP contribution in [0.2, 0.25) is 0 Å². The van der Waals surface area contributed by atoms with Crippen LogP contribution in [0.3, 0.4) is 0 Å². The number of nitrogens with zero attached hydrogens (tertiary/aromatic N) is 4. The summed E-state index contributed by atoms with van der Waals surface area (Å²) in [6.45, 7) is 0.561. The molecule has 0 aliphatic rings. The Morgan fingerprint density at radius 2 is 1.76 bits per heavy atom. The molecule has 6 heteroatoms. The predicted octanol–water partition coefficient (Wildman–Crippen LogP) is 1.98. The van der Waals surface area contributed by atoms with Gasteiger partial charge in [0.1, 0.15) is 5.75 Å². The summed E-state index contributed by atoms with van der Waals surface area (Å²) in [6, 6.07) is 15.2. The van der Waals surface area contributed by atoms with Crippen molar-refractivity contribution in [2.75, 3.05) is 12.8 Å². The molecule has 2 N–H and O–H groups in total. The maximum Gasteiger partial charge on any atom is 0.204 e. The van der Waals surface area contributed by atoms with Gasteiger partial charge < -0.3 is 10.5 Å². The van der Waals surface area contributed by atoms with Crippen LogP contribution in [0.5, 0.6) is 5.75 Å². The van der Waals surface area contributed by atoms with E-state index in [4.69, 9.17) is 10.5 Å². The molecule has 1 aromatic heterocycles. The Morgan fingerprint density at radius 1 is 1.05 bits per heavy atom. The minimum Gasteiger partial charge on any atom is -0.497 e. The van der Waals surface area contributed by atoms with E-state index in [1.54, 1.807) is 11.9 Å². The highest BCUT2D eigenvalue weighted by Crippen LogP contribution is 2.16. The van der Waals surface area contributed by atoms with E-state index in [2.05, 4.69) is 15.4 Å².